The second-order valence-electron chi connectivity index (χ2n) is 10.0. The summed E-state index contributed by atoms with van der Waals surface area (Å²) in [5.41, 5.74) is 3.57. The van der Waals surface area contributed by atoms with Crippen LogP contribution in [0, 0.1) is 0 Å². The third kappa shape index (κ3) is 9.24. The van der Waals surface area contributed by atoms with Gasteiger partial charge in [0.25, 0.3) is 11.8 Å². The van der Waals surface area contributed by atoms with Gasteiger partial charge in [-0.1, -0.05) is 30.3 Å². The second-order valence-corrected chi connectivity index (χ2v) is 11.5. The molecule has 0 bridgehead atoms. The lowest BCUT2D eigenvalue weighted by Crippen LogP contribution is -2.30. The van der Waals surface area contributed by atoms with Gasteiger partial charge < -0.3 is 25.6 Å². The van der Waals surface area contributed by atoms with Gasteiger partial charge in [-0.3, -0.25) is 14.4 Å². The van der Waals surface area contributed by atoms with Crippen molar-refractivity contribution in [2.75, 3.05) is 36.2 Å². The number of nitrogens with one attached hydrogen (secondary N) is 3. The van der Waals surface area contributed by atoms with E-state index in [4.69, 9.17) is 4.74 Å². The Morgan fingerprint density at radius 1 is 0.818 bits per heavy atom. The monoisotopic (exact) mass is 608 g/mol. The third-order valence-electron chi connectivity index (χ3n) is 6.48. The van der Waals surface area contributed by atoms with Gasteiger partial charge in [0.05, 0.1) is 11.9 Å². The van der Waals surface area contributed by atoms with E-state index in [0.717, 1.165) is 21.9 Å². The number of thioether (sulfide) groups is 1. The fourth-order valence-electron chi connectivity index (χ4n) is 4.10. The largest absolute Gasteiger partial charge is 0.494 e. The van der Waals surface area contributed by atoms with Crippen molar-refractivity contribution >= 4 is 52.6 Å². The van der Waals surface area contributed by atoms with Crippen molar-refractivity contribution in [3.05, 3.63) is 120 Å². The first kappa shape index (κ1) is 31.9. The molecule has 4 rings (SSSR count). The molecule has 0 aliphatic rings. The van der Waals surface area contributed by atoms with Crippen molar-refractivity contribution in [2.24, 2.45) is 0 Å². The zero-order chi connectivity index (χ0) is 31.5. The minimum atomic E-state index is -0.463. The van der Waals surface area contributed by atoms with Crippen molar-refractivity contribution in [1.29, 1.82) is 0 Å². The maximum Gasteiger partial charge on any atom is 0.272 e. The number of benzene rings is 4. The maximum absolute atomic E-state index is 13.4. The van der Waals surface area contributed by atoms with E-state index in [1.807, 2.05) is 99.6 Å². The third-order valence-corrected chi connectivity index (χ3v) is 7.59. The lowest BCUT2D eigenvalue weighted by molar-refractivity contribution is -0.115. The molecule has 0 aromatic heterocycles. The molecule has 0 saturated heterocycles. The summed E-state index contributed by atoms with van der Waals surface area (Å²) in [7, 11) is 3.90. The van der Waals surface area contributed by atoms with Crippen molar-refractivity contribution in [2.45, 2.75) is 24.0 Å². The van der Waals surface area contributed by atoms with Crippen LogP contribution in [0.4, 0.5) is 17.1 Å². The van der Waals surface area contributed by atoms with E-state index in [0.29, 0.717) is 23.5 Å². The van der Waals surface area contributed by atoms with E-state index in [1.54, 1.807) is 42.5 Å². The second kappa shape index (κ2) is 15.5. The van der Waals surface area contributed by atoms with Gasteiger partial charge in [0.1, 0.15) is 11.4 Å². The fourth-order valence-corrected chi connectivity index (χ4v) is 4.96. The molecule has 3 amide bonds. The number of amides is 3. The number of carbonyl (C=O) groups is 3. The molecule has 0 fully saturated rings. The van der Waals surface area contributed by atoms with Gasteiger partial charge in [-0.05, 0) is 98.3 Å². The summed E-state index contributed by atoms with van der Waals surface area (Å²) < 4.78 is 5.45. The summed E-state index contributed by atoms with van der Waals surface area (Å²) >= 11 is 1.41. The van der Waals surface area contributed by atoms with Crippen LogP contribution in [0.2, 0.25) is 0 Å². The first-order valence-corrected chi connectivity index (χ1v) is 15.1. The number of anilines is 3. The first-order chi connectivity index (χ1) is 21.2. The molecule has 3 N–H and O–H groups in total. The van der Waals surface area contributed by atoms with Crippen molar-refractivity contribution in [1.82, 2.24) is 5.32 Å². The average Bonchev–Trinajstić information content (AvgIpc) is 3.03. The Labute approximate surface area is 262 Å². The molecule has 0 radical (unpaired) electrons. The lowest BCUT2D eigenvalue weighted by Gasteiger charge is -2.14. The van der Waals surface area contributed by atoms with Gasteiger partial charge in [-0.2, -0.15) is 0 Å². The number of hydrogen-bond acceptors (Lipinski definition) is 6. The summed E-state index contributed by atoms with van der Waals surface area (Å²) in [4.78, 5) is 41.9. The van der Waals surface area contributed by atoms with Gasteiger partial charge >= 0.3 is 0 Å². The molecule has 4 aromatic carbocycles. The number of ether oxygens (including phenoxy) is 1. The highest BCUT2D eigenvalue weighted by Crippen LogP contribution is 2.26. The van der Waals surface area contributed by atoms with Crippen molar-refractivity contribution < 1.29 is 19.1 Å². The Hall–Kier alpha value is -5.02. The predicted octanol–water partition coefficient (Wildman–Crippen LogP) is 6.68. The Morgan fingerprint density at radius 2 is 1.43 bits per heavy atom. The highest BCUT2D eigenvalue weighted by Gasteiger charge is 2.17. The molecule has 44 heavy (non-hydrogen) atoms. The lowest BCUT2D eigenvalue weighted by atomic mass is 10.1. The quantitative estimate of drug-likeness (QED) is 0.123. The Bertz CT molecular complexity index is 1590. The normalized spacial score (nSPS) is 11.7. The average molecular weight is 609 g/mol. The fraction of sp³-hybridized carbons (Fsp3) is 0.171. The molecule has 0 heterocycles. The maximum atomic E-state index is 13.4. The van der Waals surface area contributed by atoms with E-state index < -0.39 is 5.91 Å². The van der Waals surface area contributed by atoms with Gasteiger partial charge in [-0.15, -0.1) is 11.8 Å². The summed E-state index contributed by atoms with van der Waals surface area (Å²) in [6.45, 7) is 4.33. The van der Waals surface area contributed by atoms with E-state index in [9.17, 15) is 14.4 Å². The molecule has 226 valence electrons. The highest BCUT2D eigenvalue weighted by atomic mass is 32.2. The zero-order valence-corrected chi connectivity index (χ0v) is 26.0. The van der Waals surface area contributed by atoms with Crippen LogP contribution in [-0.2, 0) is 9.59 Å². The van der Waals surface area contributed by atoms with Crippen molar-refractivity contribution in [3.63, 3.8) is 0 Å². The van der Waals surface area contributed by atoms with E-state index in [1.165, 1.54) is 11.8 Å². The van der Waals surface area contributed by atoms with Crippen LogP contribution in [0.1, 0.15) is 29.8 Å². The molecule has 1 atom stereocenters. The first-order valence-electron chi connectivity index (χ1n) is 14.2. The summed E-state index contributed by atoms with van der Waals surface area (Å²) in [6, 6.07) is 30.8. The molecule has 0 saturated carbocycles. The minimum absolute atomic E-state index is 0.106. The van der Waals surface area contributed by atoms with Crippen LogP contribution in [0.15, 0.2) is 114 Å². The number of rotatable bonds is 12. The van der Waals surface area contributed by atoms with Gasteiger partial charge in [0.15, 0.2) is 0 Å². The molecule has 0 aliphatic heterocycles. The summed E-state index contributed by atoms with van der Waals surface area (Å²) in [5, 5.41) is 8.20. The van der Waals surface area contributed by atoms with Crippen LogP contribution in [0.25, 0.3) is 6.08 Å². The topological polar surface area (TPSA) is 99.8 Å². The molecule has 9 heteroatoms. The van der Waals surface area contributed by atoms with Gasteiger partial charge in [0.2, 0.25) is 5.91 Å². The zero-order valence-electron chi connectivity index (χ0n) is 25.2. The SMILES string of the molecule is CCOc1ccc(NC(=O)C(C)Sc2ccc(NC(=O)/C(=C/c3ccc(N(C)C)cc3)NC(=O)c3ccccc3)cc2)cc1. The molecular weight excluding hydrogens is 572 g/mol. The van der Waals surface area contributed by atoms with E-state index in [2.05, 4.69) is 16.0 Å². The van der Waals surface area contributed by atoms with Crippen LogP contribution in [-0.4, -0.2) is 43.7 Å². The number of hydrogen-bond donors (Lipinski definition) is 3. The molecule has 1 unspecified atom stereocenters. The van der Waals surface area contributed by atoms with Crippen LogP contribution in [0.5, 0.6) is 5.75 Å². The predicted molar refractivity (Wildman–Crippen MR) is 179 cm³/mol. The Morgan fingerprint density at radius 3 is 2.05 bits per heavy atom. The van der Waals surface area contributed by atoms with Gasteiger partial charge in [0, 0.05) is 41.6 Å². The molecule has 8 nitrogen and oxygen atoms in total. The Kier molecular flexibility index (Phi) is 11.2. The number of nitrogens with zero attached hydrogens (tertiary/aromatic N) is 1. The van der Waals surface area contributed by atoms with Crippen LogP contribution in [0.3, 0.4) is 0 Å². The van der Waals surface area contributed by atoms with E-state index >= 15 is 0 Å². The van der Waals surface area contributed by atoms with Crippen LogP contribution >= 0.6 is 11.8 Å². The van der Waals surface area contributed by atoms with Crippen molar-refractivity contribution in [3.8, 4) is 5.75 Å². The van der Waals surface area contributed by atoms with Gasteiger partial charge in [-0.25, -0.2) is 0 Å². The minimum Gasteiger partial charge on any atom is -0.494 e. The Balaban J connectivity index is 1.41. The van der Waals surface area contributed by atoms with Crippen LogP contribution < -0.4 is 25.6 Å². The smallest absolute Gasteiger partial charge is 0.272 e. The standard InChI is InChI=1S/C35H36N4O4S/c1-5-43-30-19-13-27(14-20-30)36-33(40)24(2)44-31-21-15-28(16-22-31)37-35(42)32(38-34(41)26-9-7-6-8-10-26)23-25-11-17-29(18-12-25)39(3)4/h6-24H,5H2,1-4H3,(H,36,40)(H,37,42)(H,38,41)/b32-23-. The molecule has 4 aromatic rings. The summed E-state index contributed by atoms with van der Waals surface area (Å²) in [6.07, 6.45) is 1.64. The van der Waals surface area contributed by atoms with E-state index in [-0.39, 0.29) is 22.8 Å². The molecule has 0 aliphatic carbocycles. The summed E-state index contributed by atoms with van der Waals surface area (Å²) in [5.74, 6) is -0.227. The number of carbonyl (C=O) groups excluding carboxylic acids is 3. The molecule has 0 spiro atoms. The highest BCUT2D eigenvalue weighted by molar-refractivity contribution is 8.00. The molecular formula is C35H36N4O4S.